The van der Waals surface area contributed by atoms with Gasteiger partial charge in [0, 0.05) is 11.4 Å². The van der Waals surface area contributed by atoms with Gasteiger partial charge in [0.05, 0.1) is 17.7 Å². The van der Waals surface area contributed by atoms with Crippen LogP contribution in [0, 0.1) is 22.7 Å². The second kappa shape index (κ2) is 4.50. The Morgan fingerprint density at radius 1 is 1.31 bits per heavy atom. The lowest BCUT2D eigenvalue weighted by molar-refractivity contribution is 1.01. The van der Waals surface area contributed by atoms with Crippen LogP contribution in [0.4, 0.5) is 0 Å². The van der Waals surface area contributed by atoms with Gasteiger partial charge in [0.25, 0.3) is 0 Å². The van der Waals surface area contributed by atoms with Gasteiger partial charge in [0.2, 0.25) is 0 Å². The van der Waals surface area contributed by atoms with Crippen molar-refractivity contribution >= 4 is 11.6 Å². The number of benzene rings is 1. The third-order valence-electron chi connectivity index (χ3n) is 1.70. The van der Waals surface area contributed by atoms with Gasteiger partial charge in [0.15, 0.2) is 0 Å². The topological polar surface area (TPSA) is 47.6 Å². The van der Waals surface area contributed by atoms with Crippen LogP contribution >= 0.6 is 11.6 Å². The lowest BCUT2D eigenvalue weighted by atomic mass is 10.0. The molecule has 64 valence electrons. The average molecular weight is 191 g/mol. The largest absolute Gasteiger partial charge is 0.198 e. The number of aryl methyl sites for hydroxylation is 1. The zero-order valence-electron chi connectivity index (χ0n) is 6.92. The van der Waals surface area contributed by atoms with Gasteiger partial charge in [-0.3, -0.25) is 0 Å². The van der Waals surface area contributed by atoms with Crippen LogP contribution < -0.4 is 0 Å². The van der Waals surface area contributed by atoms with Gasteiger partial charge in [-0.2, -0.15) is 10.5 Å². The first-order valence-electron chi connectivity index (χ1n) is 3.83. The van der Waals surface area contributed by atoms with Crippen molar-refractivity contribution in [1.29, 1.82) is 10.5 Å². The van der Waals surface area contributed by atoms with Crippen LogP contribution in [-0.2, 0) is 6.42 Å². The van der Waals surface area contributed by atoms with Crippen LogP contribution in [0.1, 0.15) is 17.5 Å². The second-order valence-corrected chi connectivity index (χ2v) is 3.01. The summed E-state index contributed by atoms with van der Waals surface area (Å²) in [4.78, 5) is 0. The summed E-state index contributed by atoms with van der Waals surface area (Å²) in [5.74, 6) is 0. The Bertz CT molecular complexity index is 385. The van der Waals surface area contributed by atoms with Gasteiger partial charge in [-0.1, -0.05) is 17.7 Å². The molecule has 13 heavy (non-hydrogen) atoms. The van der Waals surface area contributed by atoms with Crippen molar-refractivity contribution in [3.05, 3.63) is 34.3 Å². The fraction of sp³-hybridized carbons (Fsp3) is 0.200. The predicted molar refractivity (Wildman–Crippen MR) is 50.1 cm³/mol. The Hall–Kier alpha value is -1.51. The van der Waals surface area contributed by atoms with E-state index in [1.807, 2.05) is 6.07 Å². The highest BCUT2D eigenvalue weighted by Crippen LogP contribution is 2.16. The number of nitriles is 2. The van der Waals surface area contributed by atoms with Crippen LogP contribution in [0.3, 0.4) is 0 Å². The number of nitrogens with zero attached hydrogens (tertiary/aromatic N) is 2. The van der Waals surface area contributed by atoms with Crippen molar-refractivity contribution in [3.8, 4) is 12.1 Å². The minimum atomic E-state index is 0.427. The standard InChI is InChI=1S/C10H7ClN2/c11-10-4-3-8(2-1-5-12)9(6-10)7-13/h3-4,6H,1-2H2. The number of rotatable bonds is 2. The molecule has 0 heterocycles. The number of hydrogen-bond acceptors (Lipinski definition) is 2. The van der Waals surface area contributed by atoms with E-state index in [4.69, 9.17) is 22.1 Å². The Morgan fingerprint density at radius 2 is 2.08 bits per heavy atom. The highest BCUT2D eigenvalue weighted by molar-refractivity contribution is 6.30. The van der Waals surface area contributed by atoms with Crippen LogP contribution in [-0.4, -0.2) is 0 Å². The Balaban J connectivity index is 2.96. The quantitative estimate of drug-likeness (QED) is 0.720. The molecule has 0 aliphatic rings. The smallest absolute Gasteiger partial charge is 0.0995 e. The summed E-state index contributed by atoms with van der Waals surface area (Å²) in [7, 11) is 0. The molecule has 0 radical (unpaired) electrons. The summed E-state index contributed by atoms with van der Waals surface area (Å²) in [6.07, 6.45) is 1.03. The van der Waals surface area contributed by atoms with Crippen LogP contribution in [0.2, 0.25) is 5.02 Å². The molecule has 0 aliphatic carbocycles. The first-order chi connectivity index (χ1) is 6.27. The van der Waals surface area contributed by atoms with Gasteiger partial charge < -0.3 is 0 Å². The molecule has 2 nitrogen and oxygen atoms in total. The number of halogens is 1. The summed E-state index contributed by atoms with van der Waals surface area (Å²) in [5.41, 5.74) is 1.44. The number of hydrogen-bond donors (Lipinski definition) is 0. The third kappa shape index (κ3) is 2.47. The van der Waals surface area contributed by atoms with E-state index < -0.39 is 0 Å². The molecule has 0 N–H and O–H groups in total. The van der Waals surface area contributed by atoms with E-state index in [0.717, 1.165) is 5.56 Å². The molecule has 0 aliphatic heterocycles. The molecule has 0 spiro atoms. The maximum Gasteiger partial charge on any atom is 0.0995 e. The zero-order chi connectivity index (χ0) is 9.68. The van der Waals surface area contributed by atoms with Gasteiger partial charge >= 0.3 is 0 Å². The summed E-state index contributed by atoms with van der Waals surface area (Å²) in [5, 5.41) is 17.7. The van der Waals surface area contributed by atoms with Crippen molar-refractivity contribution in [2.24, 2.45) is 0 Å². The fourth-order valence-electron chi connectivity index (χ4n) is 1.06. The molecule has 0 amide bonds. The van der Waals surface area contributed by atoms with Gasteiger partial charge in [-0.25, -0.2) is 0 Å². The normalized spacial score (nSPS) is 8.85. The maximum atomic E-state index is 8.75. The van der Waals surface area contributed by atoms with E-state index in [1.54, 1.807) is 18.2 Å². The van der Waals surface area contributed by atoms with Crippen molar-refractivity contribution in [2.75, 3.05) is 0 Å². The molecule has 0 saturated carbocycles. The molecule has 1 rings (SSSR count). The van der Waals surface area contributed by atoms with E-state index in [1.165, 1.54) is 0 Å². The summed E-state index contributed by atoms with van der Waals surface area (Å²) in [6, 6.07) is 9.23. The summed E-state index contributed by atoms with van der Waals surface area (Å²) in [6.45, 7) is 0. The molecule has 0 saturated heterocycles. The highest BCUT2D eigenvalue weighted by Gasteiger charge is 2.01. The van der Waals surface area contributed by atoms with Gasteiger partial charge in [-0.05, 0) is 24.1 Å². The summed E-state index contributed by atoms with van der Waals surface area (Å²) < 4.78 is 0. The van der Waals surface area contributed by atoms with E-state index in [-0.39, 0.29) is 0 Å². The first-order valence-corrected chi connectivity index (χ1v) is 4.21. The van der Waals surface area contributed by atoms with Crippen LogP contribution in [0.25, 0.3) is 0 Å². The Kier molecular flexibility index (Phi) is 3.31. The molecule has 0 atom stereocenters. The highest BCUT2D eigenvalue weighted by atomic mass is 35.5. The Labute approximate surface area is 82.0 Å². The van der Waals surface area contributed by atoms with E-state index >= 15 is 0 Å². The molecular formula is C10H7ClN2. The lowest BCUT2D eigenvalue weighted by Gasteiger charge is -2.00. The zero-order valence-corrected chi connectivity index (χ0v) is 7.67. The molecule has 1 aromatic rings. The molecule has 3 heteroatoms. The first kappa shape index (κ1) is 9.58. The SMILES string of the molecule is N#CCCc1ccc(Cl)cc1C#N. The molecule has 0 unspecified atom stereocenters. The third-order valence-corrected chi connectivity index (χ3v) is 1.93. The molecular weight excluding hydrogens is 184 g/mol. The van der Waals surface area contributed by atoms with Crippen LogP contribution in [0.15, 0.2) is 18.2 Å². The van der Waals surface area contributed by atoms with Crippen molar-refractivity contribution in [3.63, 3.8) is 0 Å². The molecule has 0 fully saturated rings. The molecule has 1 aromatic carbocycles. The van der Waals surface area contributed by atoms with E-state index in [0.29, 0.717) is 23.4 Å². The van der Waals surface area contributed by atoms with Crippen molar-refractivity contribution in [2.45, 2.75) is 12.8 Å². The average Bonchev–Trinajstić information content (AvgIpc) is 2.16. The van der Waals surface area contributed by atoms with Crippen LogP contribution in [0.5, 0.6) is 0 Å². The molecule has 0 aromatic heterocycles. The van der Waals surface area contributed by atoms with Crippen molar-refractivity contribution in [1.82, 2.24) is 0 Å². The van der Waals surface area contributed by atoms with E-state index in [9.17, 15) is 0 Å². The monoisotopic (exact) mass is 190 g/mol. The minimum Gasteiger partial charge on any atom is -0.198 e. The fourth-order valence-corrected chi connectivity index (χ4v) is 1.23. The lowest BCUT2D eigenvalue weighted by Crippen LogP contribution is -1.89. The van der Waals surface area contributed by atoms with Gasteiger partial charge in [-0.15, -0.1) is 0 Å². The maximum absolute atomic E-state index is 8.75. The summed E-state index contributed by atoms with van der Waals surface area (Å²) >= 11 is 5.71. The van der Waals surface area contributed by atoms with E-state index in [2.05, 4.69) is 6.07 Å². The predicted octanol–water partition coefficient (Wildman–Crippen LogP) is 2.67. The minimum absolute atomic E-state index is 0.427. The molecule has 0 bridgehead atoms. The second-order valence-electron chi connectivity index (χ2n) is 2.57. The van der Waals surface area contributed by atoms with Crippen molar-refractivity contribution < 1.29 is 0 Å². The van der Waals surface area contributed by atoms with Gasteiger partial charge in [0.1, 0.15) is 0 Å². The Morgan fingerprint density at radius 3 is 2.69 bits per heavy atom.